The second kappa shape index (κ2) is 11.5. The molecule has 0 aliphatic carbocycles. The largest absolute Gasteiger partial charge is 0.495 e. The number of nitrogens with one attached hydrogen (secondary N) is 1. The highest BCUT2D eigenvalue weighted by atomic mass is 35.5. The number of rotatable bonds is 1. The summed E-state index contributed by atoms with van der Waals surface area (Å²) < 4.78 is 10.9. The number of anilines is 1. The summed E-state index contributed by atoms with van der Waals surface area (Å²) in [5.74, 6) is 0.416. The Bertz CT molecular complexity index is 1000. The molecule has 8 heteroatoms. The molecule has 2 N–H and O–H groups in total. The summed E-state index contributed by atoms with van der Waals surface area (Å²) in [4.78, 5) is 26.8. The van der Waals surface area contributed by atoms with Gasteiger partial charge < -0.3 is 24.8 Å². The van der Waals surface area contributed by atoms with Crippen LogP contribution < -0.4 is 15.0 Å². The Hall–Kier alpha value is -2.51. The molecule has 3 rings (SSSR count). The number of fused-ring (bicyclic) bond motifs is 4. The van der Waals surface area contributed by atoms with Crippen molar-refractivity contribution in [2.24, 2.45) is 5.41 Å². The van der Waals surface area contributed by atoms with E-state index in [0.29, 0.717) is 48.6 Å². The number of aliphatic hydroxyl groups is 1. The molecule has 2 heterocycles. The molecule has 0 spiro atoms. The van der Waals surface area contributed by atoms with E-state index in [-0.39, 0.29) is 24.5 Å². The van der Waals surface area contributed by atoms with Crippen molar-refractivity contribution < 1.29 is 24.2 Å². The first-order valence-corrected chi connectivity index (χ1v) is 12.5. The predicted octanol–water partition coefficient (Wildman–Crippen LogP) is 5.18. The van der Waals surface area contributed by atoms with E-state index in [4.69, 9.17) is 21.1 Å². The molecule has 0 aromatic heterocycles. The second-order valence-corrected chi connectivity index (χ2v) is 10.7. The van der Waals surface area contributed by atoms with Crippen LogP contribution in [0.2, 0.25) is 5.02 Å². The average molecular weight is 505 g/mol. The van der Waals surface area contributed by atoms with Gasteiger partial charge in [-0.25, -0.2) is 4.79 Å². The summed E-state index contributed by atoms with van der Waals surface area (Å²) in [7, 11) is 3.27. The quantitative estimate of drug-likeness (QED) is 0.550. The van der Waals surface area contributed by atoms with Gasteiger partial charge in [-0.05, 0) is 49.3 Å². The Morgan fingerprint density at radius 2 is 2.00 bits per heavy atom. The van der Waals surface area contributed by atoms with E-state index >= 15 is 0 Å². The molecule has 2 amide bonds. The lowest BCUT2D eigenvalue weighted by Crippen LogP contribution is -2.47. The van der Waals surface area contributed by atoms with E-state index in [9.17, 15) is 14.7 Å². The molecule has 4 bridgehead atoms. The number of halogens is 1. The minimum atomic E-state index is -0.729. The first kappa shape index (κ1) is 27.1. The normalized spacial score (nSPS) is 28.4. The maximum atomic E-state index is 13.1. The van der Waals surface area contributed by atoms with Gasteiger partial charge >= 0.3 is 6.09 Å². The molecular formula is C27H37ClN2O5. The number of carbonyl (C=O) groups is 2. The SMILES string of the molecule is COc1cc2cc(c1Cl)N(C)C(=O)CCC(C)(C)[C@@H](O)C[C@@H]1C[C@H](C/C=C/C=C(\C)C2)NC(=O)O1. The van der Waals surface area contributed by atoms with E-state index in [1.165, 1.54) is 0 Å². The van der Waals surface area contributed by atoms with Gasteiger partial charge in [0, 0.05) is 32.4 Å². The summed E-state index contributed by atoms with van der Waals surface area (Å²) in [5.41, 5.74) is 2.16. The van der Waals surface area contributed by atoms with Gasteiger partial charge in [-0.3, -0.25) is 4.79 Å². The maximum absolute atomic E-state index is 13.1. The number of amides is 2. The summed E-state index contributed by atoms with van der Waals surface area (Å²) in [6.45, 7) is 5.90. The topological polar surface area (TPSA) is 88.1 Å². The molecule has 35 heavy (non-hydrogen) atoms. The van der Waals surface area contributed by atoms with Crippen LogP contribution in [0.1, 0.15) is 58.4 Å². The van der Waals surface area contributed by atoms with Crippen LogP contribution in [0.25, 0.3) is 0 Å². The number of benzene rings is 1. The van der Waals surface area contributed by atoms with Crippen LogP contribution in [0.4, 0.5) is 10.5 Å². The zero-order chi connectivity index (χ0) is 25.8. The third kappa shape index (κ3) is 7.01. The van der Waals surface area contributed by atoms with Crippen LogP contribution in [0, 0.1) is 5.41 Å². The van der Waals surface area contributed by atoms with Gasteiger partial charge in [-0.1, -0.05) is 49.2 Å². The average Bonchev–Trinajstić information content (AvgIpc) is 2.80. The van der Waals surface area contributed by atoms with Crippen molar-refractivity contribution in [3.8, 4) is 5.75 Å². The van der Waals surface area contributed by atoms with Gasteiger partial charge in [0.1, 0.15) is 16.9 Å². The van der Waals surface area contributed by atoms with Gasteiger partial charge in [0.05, 0.1) is 18.9 Å². The smallest absolute Gasteiger partial charge is 0.407 e. The Morgan fingerprint density at radius 3 is 2.71 bits per heavy atom. The van der Waals surface area contributed by atoms with E-state index in [1.807, 2.05) is 51.1 Å². The number of ether oxygens (including phenoxy) is 2. The second-order valence-electron chi connectivity index (χ2n) is 10.3. The molecule has 3 atom stereocenters. The zero-order valence-electron chi connectivity index (χ0n) is 21.3. The molecule has 7 nitrogen and oxygen atoms in total. The lowest BCUT2D eigenvalue weighted by atomic mass is 9.79. The molecule has 2 aliphatic heterocycles. The van der Waals surface area contributed by atoms with Crippen molar-refractivity contribution in [3.05, 3.63) is 46.5 Å². The Kier molecular flexibility index (Phi) is 8.89. The predicted molar refractivity (Wildman–Crippen MR) is 138 cm³/mol. The highest BCUT2D eigenvalue weighted by molar-refractivity contribution is 6.35. The van der Waals surface area contributed by atoms with Crippen molar-refractivity contribution in [2.75, 3.05) is 19.1 Å². The van der Waals surface area contributed by atoms with Crippen LogP contribution in [0.3, 0.4) is 0 Å². The van der Waals surface area contributed by atoms with Crippen molar-refractivity contribution in [1.82, 2.24) is 5.32 Å². The number of carbonyl (C=O) groups excluding carboxylic acids is 2. The lowest BCUT2D eigenvalue weighted by Gasteiger charge is -2.36. The molecule has 0 radical (unpaired) electrons. The van der Waals surface area contributed by atoms with E-state index < -0.39 is 17.6 Å². The first-order chi connectivity index (χ1) is 16.5. The minimum absolute atomic E-state index is 0.0538. The van der Waals surface area contributed by atoms with Crippen LogP contribution in [-0.2, 0) is 16.0 Å². The van der Waals surface area contributed by atoms with Crippen molar-refractivity contribution in [1.29, 1.82) is 0 Å². The molecule has 0 saturated carbocycles. The van der Waals surface area contributed by atoms with Crippen LogP contribution in [0.15, 0.2) is 35.9 Å². The maximum Gasteiger partial charge on any atom is 0.407 e. The van der Waals surface area contributed by atoms with Gasteiger partial charge in [-0.15, -0.1) is 0 Å². The van der Waals surface area contributed by atoms with Gasteiger partial charge in [0.25, 0.3) is 0 Å². The number of allylic oxidation sites excluding steroid dienone is 3. The van der Waals surface area contributed by atoms with Gasteiger partial charge in [0.2, 0.25) is 5.91 Å². The molecular weight excluding hydrogens is 468 g/mol. The monoisotopic (exact) mass is 504 g/mol. The number of nitrogens with zero attached hydrogens (tertiary/aromatic N) is 1. The number of hydrogen-bond donors (Lipinski definition) is 2. The lowest BCUT2D eigenvalue weighted by molar-refractivity contribution is -0.119. The number of alkyl carbamates (subject to hydrolysis) is 1. The van der Waals surface area contributed by atoms with Gasteiger partial charge in [0.15, 0.2) is 0 Å². The van der Waals surface area contributed by atoms with E-state index in [1.54, 1.807) is 19.1 Å². The van der Waals surface area contributed by atoms with E-state index in [0.717, 1.165) is 11.1 Å². The number of methoxy groups -OCH3 is 1. The summed E-state index contributed by atoms with van der Waals surface area (Å²) in [5, 5.41) is 14.2. The first-order valence-electron chi connectivity index (χ1n) is 12.1. The van der Waals surface area contributed by atoms with E-state index in [2.05, 4.69) is 5.32 Å². The zero-order valence-corrected chi connectivity index (χ0v) is 22.0. The molecule has 1 saturated heterocycles. The highest BCUT2D eigenvalue weighted by Crippen LogP contribution is 2.38. The molecule has 192 valence electrons. The van der Waals surface area contributed by atoms with Crippen LogP contribution >= 0.6 is 11.6 Å². The third-order valence-corrected chi connectivity index (χ3v) is 7.35. The highest BCUT2D eigenvalue weighted by Gasteiger charge is 2.35. The summed E-state index contributed by atoms with van der Waals surface area (Å²) in [6.07, 6.45) is 7.50. The third-order valence-electron chi connectivity index (χ3n) is 6.97. The van der Waals surface area contributed by atoms with Crippen molar-refractivity contribution >= 4 is 29.3 Å². The molecule has 1 fully saturated rings. The van der Waals surface area contributed by atoms with Crippen LogP contribution in [0.5, 0.6) is 5.75 Å². The number of hydrogen-bond acceptors (Lipinski definition) is 5. The number of aliphatic hydroxyl groups excluding tert-OH is 1. The summed E-state index contributed by atoms with van der Waals surface area (Å²) >= 11 is 6.58. The van der Waals surface area contributed by atoms with Gasteiger partial charge in [-0.2, -0.15) is 0 Å². The molecule has 0 unspecified atom stereocenters. The Morgan fingerprint density at radius 1 is 1.26 bits per heavy atom. The summed E-state index contributed by atoms with van der Waals surface area (Å²) in [6, 6.07) is 3.76. The fourth-order valence-electron chi connectivity index (χ4n) is 4.53. The fraction of sp³-hybridized carbons (Fsp3) is 0.556. The standard InChI is InChI=1S/C27H37ClN2O5/c1-17-8-6-7-9-19-15-20(35-26(33)29-19)16-23(31)27(2,3)11-10-24(32)30(4)21-13-18(12-17)14-22(34-5)25(21)28/h6-8,13-14,19-20,23,31H,9-12,15-16H2,1-5H3,(H,29,33)/b7-6+,17-8+/t19-,20-,23-/m0/s1. The Balaban J connectivity index is 1.94. The molecule has 2 aliphatic rings. The molecule has 1 aromatic carbocycles. The minimum Gasteiger partial charge on any atom is -0.495 e. The Labute approximate surface area is 213 Å². The van der Waals surface area contributed by atoms with Crippen LogP contribution in [-0.4, -0.2) is 49.5 Å². The van der Waals surface area contributed by atoms with Crippen molar-refractivity contribution in [3.63, 3.8) is 0 Å². The molecule has 1 aromatic rings. The fourth-order valence-corrected chi connectivity index (χ4v) is 4.84. The van der Waals surface area contributed by atoms with Crippen molar-refractivity contribution in [2.45, 2.75) is 77.5 Å².